The minimum Gasteiger partial charge on any atom is -0.350 e. The van der Waals surface area contributed by atoms with Crippen LogP contribution in [-0.2, 0) is 9.59 Å². The minimum atomic E-state index is -0.669. The zero-order valence-electron chi connectivity index (χ0n) is 16.2. The van der Waals surface area contributed by atoms with Gasteiger partial charge >= 0.3 is 0 Å². The summed E-state index contributed by atoms with van der Waals surface area (Å²) in [4.78, 5) is 38.8. The molecule has 0 spiro atoms. The molecule has 3 aromatic carbocycles. The quantitative estimate of drug-likeness (QED) is 0.409. The van der Waals surface area contributed by atoms with Crippen LogP contribution in [-0.4, -0.2) is 17.7 Å². The Morgan fingerprint density at radius 1 is 0.812 bits per heavy atom. The third-order valence-corrected chi connectivity index (χ3v) is 5.84. The van der Waals surface area contributed by atoms with E-state index in [2.05, 4.69) is 26.6 Å². The lowest BCUT2D eigenvalue weighted by molar-refractivity contribution is -0.120. The van der Waals surface area contributed by atoms with Crippen LogP contribution in [0, 0.1) is 0 Å². The summed E-state index contributed by atoms with van der Waals surface area (Å²) in [5.41, 5.74) is 1.75. The molecule has 32 heavy (non-hydrogen) atoms. The van der Waals surface area contributed by atoms with E-state index in [0.717, 1.165) is 9.37 Å². The monoisotopic (exact) mass is 529 g/mol. The summed E-state index contributed by atoms with van der Waals surface area (Å²) >= 11 is 15.6. The summed E-state index contributed by atoms with van der Waals surface area (Å²) in [7, 11) is 0. The van der Waals surface area contributed by atoms with E-state index in [1.165, 1.54) is 0 Å². The number of amides is 3. The number of hydrogen-bond acceptors (Lipinski definition) is 4. The number of nitrogens with zero attached hydrogens (tertiary/aromatic N) is 1. The number of para-hydroxylation sites is 1. The molecule has 3 amide bonds. The van der Waals surface area contributed by atoms with Crippen molar-refractivity contribution in [3.05, 3.63) is 98.6 Å². The van der Waals surface area contributed by atoms with Gasteiger partial charge in [0.1, 0.15) is 10.7 Å². The highest BCUT2D eigenvalue weighted by molar-refractivity contribution is 9.10. The Morgan fingerprint density at radius 2 is 1.44 bits per heavy atom. The van der Waals surface area contributed by atoms with Crippen molar-refractivity contribution in [3.63, 3.8) is 0 Å². The summed E-state index contributed by atoms with van der Waals surface area (Å²) in [6, 6.07) is 20.1. The predicted octanol–water partition coefficient (Wildman–Crippen LogP) is 5.79. The number of anilines is 3. The summed E-state index contributed by atoms with van der Waals surface area (Å²) in [6.07, 6.45) is 0. The Kier molecular flexibility index (Phi) is 6.32. The van der Waals surface area contributed by atoms with Gasteiger partial charge in [-0.05, 0) is 60.7 Å². The lowest BCUT2D eigenvalue weighted by Crippen LogP contribution is -2.32. The van der Waals surface area contributed by atoms with Gasteiger partial charge in [-0.2, -0.15) is 0 Å². The van der Waals surface area contributed by atoms with Gasteiger partial charge in [0.15, 0.2) is 0 Å². The first-order valence-corrected chi connectivity index (χ1v) is 10.9. The van der Waals surface area contributed by atoms with Crippen LogP contribution in [0.25, 0.3) is 0 Å². The fourth-order valence-electron chi connectivity index (χ4n) is 3.05. The van der Waals surface area contributed by atoms with Crippen LogP contribution in [0.1, 0.15) is 10.4 Å². The van der Waals surface area contributed by atoms with Crippen LogP contribution in [0.3, 0.4) is 0 Å². The van der Waals surface area contributed by atoms with Crippen LogP contribution in [0.4, 0.5) is 17.1 Å². The van der Waals surface area contributed by atoms with Crippen LogP contribution in [0.2, 0.25) is 5.02 Å². The largest absolute Gasteiger partial charge is 0.350 e. The van der Waals surface area contributed by atoms with Crippen molar-refractivity contribution in [2.24, 2.45) is 0 Å². The zero-order valence-corrected chi connectivity index (χ0v) is 19.3. The third-order valence-electron chi connectivity index (χ3n) is 4.64. The van der Waals surface area contributed by atoms with Gasteiger partial charge in [0.25, 0.3) is 17.7 Å². The molecule has 9 heteroatoms. The molecule has 2 N–H and O–H groups in total. The van der Waals surface area contributed by atoms with E-state index in [9.17, 15) is 14.4 Å². The summed E-state index contributed by atoms with van der Waals surface area (Å²) in [6.45, 7) is 0. The topological polar surface area (TPSA) is 78.5 Å². The number of nitrogens with one attached hydrogen (secondary N) is 2. The molecule has 0 fully saturated rings. The Labute approximate surface area is 201 Å². The third kappa shape index (κ3) is 4.41. The van der Waals surface area contributed by atoms with Crippen molar-refractivity contribution in [1.82, 2.24) is 0 Å². The second kappa shape index (κ2) is 9.16. The number of carbonyl (C=O) groups is 3. The molecule has 0 atom stereocenters. The van der Waals surface area contributed by atoms with Gasteiger partial charge in [-0.25, -0.2) is 4.90 Å². The fraction of sp³-hybridized carbons (Fsp3) is 0. The summed E-state index contributed by atoms with van der Waals surface area (Å²) in [5, 5.41) is 5.67. The van der Waals surface area contributed by atoms with E-state index in [4.69, 9.17) is 23.2 Å². The summed E-state index contributed by atoms with van der Waals surface area (Å²) in [5.74, 6) is -1.57. The molecule has 3 aromatic rings. The number of carbonyl (C=O) groups excluding carboxylic acids is 3. The highest BCUT2D eigenvalue weighted by Crippen LogP contribution is 2.34. The maximum Gasteiger partial charge on any atom is 0.283 e. The molecule has 1 aliphatic heterocycles. The van der Waals surface area contributed by atoms with Gasteiger partial charge in [0.2, 0.25) is 0 Å². The van der Waals surface area contributed by atoms with Gasteiger partial charge in [0.05, 0.1) is 10.7 Å². The van der Waals surface area contributed by atoms with E-state index in [1.54, 1.807) is 60.7 Å². The standard InChI is InChI=1S/C23H14BrCl2N3O3/c24-14-7-11-16(12-8-14)28-21(30)13-5-9-15(10-6-13)27-20-19(26)22(31)29(23(20)32)18-4-2-1-3-17(18)25/h1-12,27H,(H,28,30). The summed E-state index contributed by atoms with van der Waals surface area (Å²) < 4.78 is 0.909. The molecule has 6 nitrogen and oxygen atoms in total. The molecule has 1 aliphatic rings. The van der Waals surface area contributed by atoms with Gasteiger partial charge in [-0.1, -0.05) is 51.3 Å². The molecule has 0 saturated carbocycles. The SMILES string of the molecule is O=C(Nc1ccc(Br)cc1)c1ccc(NC2=C(Cl)C(=O)N(c3ccccc3Cl)C2=O)cc1. The van der Waals surface area contributed by atoms with Crippen LogP contribution in [0.5, 0.6) is 0 Å². The molecule has 0 radical (unpaired) electrons. The molecule has 4 rings (SSSR count). The molecule has 160 valence electrons. The van der Waals surface area contributed by atoms with Crippen LogP contribution < -0.4 is 15.5 Å². The Hall–Kier alpha value is -3.13. The second-order valence-electron chi connectivity index (χ2n) is 6.75. The van der Waals surface area contributed by atoms with Crippen molar-refractivity contribution in [1.29, 1.82) is 0 Å². The second-order valence-corrected chi connectivity index (χ2v) is 8.45. The van der Waals surface area contributed by atoms with E-state index in [-0.39, 0.29) is 27.3 Å². The number of hydrogen-bond donors (Lipinski definition) is 2. The Bertz CT molecular complexity index is 1260. The molecular formula is C23H14BrCl2N3O3. The Balaban J connectivity index is 1.49. The first-order chi connectivity index (χ1) is 15.3. The number of halogens is 3. The van der Waals surface area contributed by atoms with Crippen molar-refractivity contribution < 1.29 is 14.4 Å². The highest BCUT2D eigenvalue weighted by atomic mass is 79.9. The highest BCUT2D eigenvalue weighted by Gasteiger charge is 2.39. The van der Waals surface area contributed by atoms with E-state index in [0.29, 0.717) is 16.9 Å². The van der Waals surface area contributed by atoms with Crippen LogP contribution in [0.15, 0.2) is 88.0 Å². The first-order valence-electron chi connectivity index (χ1n) is 9.32. The minimum absolute atomic E-state index is 0.0661. The van der Waals surface area contributed by atoms with Crippen molar-refractivity contribution >= 4 is 73.9 Å². The predicted molar refractivity (Wildman–Crippen MR) is 129 cm³/mol. The van der Waals surface area contributed by atoms with E-state index in [1.807, 2.05) is 12.1 Å². The molecular weight excluding hydrogens is 517 g/mol. The number of imide groups is 1. The fourth-order valence-corrected chi connectivity index (χ4v) is 3.75. The molecule has 0 bridgehead atoms. The van der Waals surface area contributed by atoms with Crippen molar-refractivity contribution in [2.45, 2.75) is 0 Å². The van der Waals surface area contributed by atoms with Gasteiger partial charge < -0.3 is 10.6 Å². The smallest absolute Gasteiger partial charge is 0.283 e. The number of rotatable bonds is 5. The zero-order chi connectivity index (χ0) is 22.8. The normalized spacial score (nSPS) is 13.5. The van der Waals surface area contributed by atoms with Crippen LogP contribution >= 0.6 is 39.1 Å². The van der Waals surface area contributed by atoms with E-state index < -0.39 is 11.8 Å². The van der Waals surface area contributed by atoms with Crippen molar-refractivity contribution in [2.75, 3.05) is 15.5 Å². The molecule has 0 unspecified atom stereocenters. The molecule has 0 saturated heterocycles. The van der Waals surface area contributed by atoms with Gasteiger partial charge in [-0.3, -0.25) is 14.4 Å². The lowest BCUT2D eigenvalue weighted by Gasteiger charge is -2.16. The molecule has 0 aliphatic carbocycles. The van der Waals surface area contributed by atoms with E-state index >= 15 is 0 Å². The van der Waals surface area contributed by atoms with Gasteiger partial charge in [0, 0.05) is 21.4 Å². The lowest BCUT2D eigenvalue weighted by atomic mass is 10.2. The molecule has 0 aromatic heterocycles. The maximum atomic E-state index is 12.9. The first kappa shape index (κ1) is 22.1. The maximum absolute atomic E-state index is 12.9. The number of benzene rings is 3. The average Bonchev–Trinajstić information content (AvgIpc) is 2.99. The van der Waals surface area contributed by atoms with Crippen molar-refractivity contribution in [3.8, 4) is 0 Å². The van der Waals surface area contributed by atoms with Gasteiger partial charge in [-0.15, -0.1) is 0 Å². The average molecular weight is 531 g/mol. The Morgan fingerprint density at radius 3 is 2.09 bits per heavy atom. The molecule has 1 heterocycles.